The maximum atomic E-state index is 13.5. The van der Waals surface area contributed by atoms with Crippen molar-refractivity contribution in [2.45, 2.75) is 77.2 Å². The van der Waals surface area contributed by atoms with E-state index < -0.39 is 0 Å². The van der Waals surface area contributed by atoms with Crippen molar-refractivity contribution >= 4 is 11.8 Å². The number of nitrogens with one attached hydrogen (secondary N) is 1. The van der Waals surface area contributed by atoms with Gasteiger partial charge >= 0.3 is 0 Å². The third-order valence-electron chi connectivity index (χ3n) is 7.14. The lowest BCUT2D eigenvalue weighted by Crippen LogP contribution is -2.57. The number of nitrogens with zero attached hydrogens (tertiary/aromatic N) is 1. The number of likely N-dealkylation sites (tertiary alicyclic amines) is 1. The highest BCUT2D eigenvalue weighted by molar-refractivity contribution is 5.91. The largest absolute Gasteiger partial charge is 0.354 e. The first-order chi connectivity index (χ1) is 11.6. The molecule has 2 amide bonds. The Morgan fingerprint density at radius 2 is 1.71 bits per heavy atom. The summed E-state index contributed by atoms with van der Waals surface area (Å²) in [5.41, 5.74) is -0.110. The van der Waals surface area contributed by atoms with Gasteiger partial charge in [-0.1, -0.05) is 13.3 Å². The van der Waals surface area contributed by atoms with Crippen LogP contribution in [0.15, 0.2) is 0 Å². The van der Waals surface area contributed by atoms with Gasteiger partial charge in [0.1, 0.15) is 6.04 Å². The molecule has 0 aromatic rings. The van der Waals surface area contributed by atoms with Gasteiger partial charge in [0.05, 0.1) is 5.41 Å². The van der Waals surface area contributed by atoms with E-state index in [1.165, 1.54) is 19.3 Å². The molecule has 134 valence electrons. The Labute approximate surface area is 145 Å². The van der Waals surface area contributed by atoms with Crippen LogP contribution in [0.3, 0.4) is 0 Å². The quantitative estimate of drug-likeness (QED) is 0.787. The van der Waals surface area contributed by atoms with Gasteiger partial charge in [0, 0.05) is 13.1 Å². The van der Waals surface area contributed by atoms with Crippen molar-refractivity contribution in [3.05, 3.63) is 0 Å². The highest BCUT2D eigenvalue weighted by Gasteiger charge is 2.56. The second-order valence-electron chi connectivity index (χ2n) is 9.00. The second kappa shape index (κ2) is 6.34. The first kappa shape index (κ1) is 16.4. The predicted molar refractivity (Wildman–Crippen MR) is 93.3 cm³/mol. The monoisotopic (exact) mass is 332 g/mol. The Morgan fingerprint density at radius 3 is 2.29 bits per heavy atom. The number of rotatable bonds is 5. The van der Waals surface area contributed by atoms with Crippen molar-refractivity contribution in [1.29, 1.82) is 0 Å². The van der Waals surface area contributed by atoms with Crippen LogP contribution in [-0.2, 0) is 9.59 Å². The lowest BCUT2D eigenvalue weighted by molar-refractivity contribution is -0.160. The molecule has 4 bridgehead atoms. The number of unbranched alkanes of at least 4 members (excludes halogenated alkanes) is 1. The summed E-state index contributed by atoms with van der Waals surface area (Å²) >= 11 is 0. The topological polar surface area (TPSA) is 49.4 Å². The Hall–Kier alpha value is -1.06. The molecule has 4 aliphatic carbocycles. The van der Waals surface area contributed by atoms with Gasteiger partial charge in [-0.15, -0.1) is 0 Å². The minimum absolute atomic E-state index is 0.0824. The predicted octanol–water partition coefficient (Wildman–Crippen LogP) is 3.11. The molecule has 1 heterocycles. The van der Waals surface area contributed by atoms with Gasteiger partial charge in [-0.05, 0) is 75.5 Å². The van der Waals surface area contributed by atoms with E-state index in [-0.39, 0.29) is 17.4 Å². The van der Waals surface area contributed by atoms with Crippen LogP contribution in [0.2, 0.25) is 0 Å². The van der Waals surface area contributed by atoms with Crippen molar-refractivity contribution in [2.75, 3.05) is 13.1 Å². The fourth-order valence-electron chi connectivity index (χ4n) is 6.47. The molecule has 0 radical (unpaired) electrons. The van der Waals surface area contributed by atoms with Crippen LogP contribution in [0.5, 0.6) is 0 Å². The standard InChI is InChI=1S/C20H32N2O2/c1-2-3-6-21-18(23)17-5-4-7-22(17)19(24)20-11-14-8-15(12-20)10-16(9-14)13-20/h14-17H,2-13H2,1H3,(H,21,23). The minimum atomic E-state index is -0.206. The smallest absolute Gasteiger partial charge is 0.242 e. The summed E-state index contributed by atoms with van der Waals surface area (Å²) in [6.07, 6.45) is 11.3. The van der Waals surface area contributed by atoms with Gasteiger partial charge in [-0.2, -0.15) is 0 Å². The third kappa shape index (κ3) is 2.76. The summed E-state index contributed by atoms with van der Waals surface area (Å²) in [6, 6.07) is -0.206. The Bertz CT molecular complexity index is 480. The maximum absolute atomic E-state index is 13.5. The maximum Gasteiger partial charge on any atom is 0.242 e. The molecule has 0 spiro atoms. The molecule has 5 fully saturated rings. The number of carbonyl (C=O) groups is 2. The molecule has 0 aromatic heterocycles. The molecular weight excluding hydrogens is 300 g/mol. The lowest BCUT2D eigenvalue weighted by atomic mass is 9.49. The van der Waals surface area contributed by atoms with E-state index in [9.17, 15) is 9.59 Å². The summed E-state index contributed by atoms with van der Waals surface area (Å²) < 4.78 is 0. The average Bonchev–Trinajstić information content (AvgIpc) is 3.02. The van der Waals surface area contributed by atoms with E-state index in [4.69, 9.17) is 0 Å². The molecule has 1 unspecified atom stereocenters. The number of hydrogen-bond acceptors (Lipinski definition) is 2. The summed E-state index contributed by atoms with van der Waals surface area (Å²) in [7, 11) is 0. The molecule has 4 saturated carbocycles. The molecule has 1 N–H and O–H groups in total. The molecule has 1 saturated heterocycles. The zero-order chi connectivity index (χ0) is 16.7. The van der Waals surface area contributed by atoms with Crippen LogP contribution in [-0.4, -0.2) is 35.8 Å². The summed E-state index contributed by atoms with van der Waals surface area (Å²) in [5.74, 6) is 2.74. The first-order valence-electron chi connectivity index (χ1n) is 10.2. The Morgan fingerprint density at radius 1 is 1.08 bits per heavy atom. The molecule has 24 heavy (non-hydrogen) atoms. The van der Waals surface area contributed by atoms with Crippen LogP contribution in [0.1, 0.15) is 71.1 Å². The van der Waals surface area contributed by atoms with Gasteiger partial charge in [0.25, 0.3) is 0 Å². The molecular formula is C20H32N2O2. The normalized spacial score (nSPS) is 40.1. The summed E-state index contributed by atoms with van der Waals surface area (Å²) in [6.45, 7) is 3.66. The van der Waals surface area contributed by atoms with Gasteiger partial charge in [-0.3, -0.25) is 9.59 Å². The number of hydrogen-bond donors (Lipinski definition) is 1. The molecule has 1 atom stereocenters. The van der Waals surface area contributed by atoms with Crippen molar-refractivity contribution in [3.63, 3.8) is 0 Å². The van der Waals surface area contributed by atoms with Crippen molar-refractivity contribution in [2.24, 2.45) is 23.2 Å². The van der Waals surface area contributed by atoms with Crippen molar-refractivity contribution < 1.29 is 9.59 Å². The van der Waals surface area contributed by atoms with Crippen LogP contribution < -0.4 is 5.32 Å². The van der Waals surface area contributed by atoms with E-state index in [0.29, 0.717) is 5.91 Å². The molecule has 5 rings (SSSR count). The Kier molecular flexibility index (Phi) is 4.34. The zero-order valence-corrected chi connectivity index (χ0v) is 15.1. The fraction of sp³-hybridized carbons (Fsp3) is 0.900. The van der Waals surface area contributed by atoms with Crippen LogP contribution in [0.25, 0.3) is 0 Å². The minimum Gasteiger partial charge on any atom is -0.354 e. The van der Waals surface area contributed by atoms with E-state index in [1.54, 1.807) is 0 Å². The highest BCUT2D eigenvalue weighted by atomic mass is 16.2. The van der Waals surface area contributed by atoms with Gasteiger partial charge in [-0.25, -0.2) is 0 Å². The van der Waals surface area contributed by atoms with E-state index in [2.05, 4.69) is 12.2 Å². The van der Waals surface area contributed by atoms with Crippen LogP contribution >= 0.6 is 0 Å². The van der Waals surface area contributed by atoms with E-state index in [0.717, 1.165) is 75.8 Å². The molecule has 4 nitrogen and oxygen atoms in total. The van der Waals surface area contributed by atoms with Gasteiger partial charge in [0.2, 0.25) is 11.8 Å². The molecule has 4 heteroatoms. The van der Waals surface area contributed by atoms with E-state index in [1.807, 2.05) is 4.90 Å². The SMILES string of the molecule is CCCCNC(=O)C1CCCN1C(=O)C12CC3CC(CC(C3)C1)C2. The van der Waals surface area contributed by atoms with Crippen molar-refractivity contribution in [3.8, 4) is 0 Å². The molecule has 5 aliphatic rings. The summed E-state index contributed by atoms with van der Waals surface area (Å²) in [4.78, 5) is 28.0. The Balaban J connectivity index is 1.46. The van der Waals surface area contributed by atoms with Gasteiger partial charge in [0.15, 0.2) is 0 Å². The van der Waals surface area contributed by atoms with Crippen molar-refractivity contribution in [1.82, 2.24) is 10.2 Å². The molecule has 0 aromatic carbocycles. The van der Waals surface area contributed by atoms with Crippen LogP contribution in [0, 0.1) is 23.2 Å². The zero-order valence-electron chi connectivity index (χ0n) is 15.1. The third-order valence-corrected chi connectivity index (χ3v) is 7.14. The highest BCUT2D eigenvalue weighted by Crippen LogP contribution is 2.60. The molecule has 1 aliphatic heterocycles. The second-order valence-corrected chi connectivity index (χ2v) is 9.00. The van der Waals surface area contributed by atoms with E-state index >= 15 is 0 Å². The average molecular weight is 332 g/mol. The number of amides is 2. The van der Waals surface area contributed by atoms with Crippen LogP contribution in [0.4, 0.5) is 0 Å². The van der Waals surface area contributed by atoms with Gasteiger partial charge < -0.3 is 10.2 Å². The lowest BCUT2D eigenvalue weighted by Gasteiger charge is -2.56. The first-order valence-corrected chi connectivity index (χ1v) is 10.2. The number of carbonyl (C=O) groups excluding carboxylic acids is 2. The summed E-state index contributed by atoms with van der Waals surface area (Å²) in [5, 5.41) is 3.05. The fourth-order valence-corrected chi connectivity index (χ4v) is 6.47.